The van der Waals surface area contributed by atoms with E-state index >= 15 is 0 Å². The van der Waals surface area contributed by atoms with Crippen molar-refractivity contribution in [3.8, 4) is 0 Å². The van der Waals surface area contributed by atoms with E-state index in [1.165, 1.54) is 5.56 Å². The van der Waals surface area contributed by atoms with Crippen LogP contribution in [-0.4, -0.2) is 12.5 Å². The van der Waals surface area contributed by atoms with E-state index in [9.17, 15) is 4.79 Å². The fourth-order valence-corrected chi connectivity index (χ4v) is 2.05. The van der Waals surface area contributed by atoms with Crippen LogP contribution in [0.4, 0.5) is 0 Å². The molecule has 1 aliphatic rings. The fraction of sp³-hybridized carbons (Fsp3) is 0.300. The van der Waals surface area contributed by atoms with Gasteiger partial charge in [0.25, 0.3) is 5.91 Å². The Bertz CT molecular complexity index is 349. The summed E-state index contributed by atoms with van der Waals surface area (Å²) in [4.78, 5) is 11.5. The highest BCUT2D eigenvalue weighted by Gasteiger charge is 2.14. The Hall–Kier alpha value is -0.580. The summed E-state index contributed by atoms with van der Waals surface area (Å²) < 4.78 is 1.12. The maximum atomic E-state index is 11.5. The number of carbonyl (C=O) groups excluding carboxylic acids is 1. The summed E-state index contributed by atoms with van der Waals surface area (Å²) in [5.41, 5.74) is 2.03. The van der Waals surface area contributed by atoms with E-state index in [0.29, 0.717) is 0 Å². The molecule has 68 valence electrons. The number of amides is 1. The van der Waals surface area contributed by atoms with E-state index in [0.717, 1.165) is 28.5 Å². The molecule has 1 heterocycles. The summed E-state index contributed by atoms with van der Waals surface area (Å²) in [6, 6.07) is 6.07. The third kappa shape index (κ3) is 1.85. The molecule has 0 fully saturated rings. The standard InChI is InChI=1S/C10H10INO/c11-8-4-3-7-2-1-5-12-10(13)9(7)6-8/h3-4,6H,1-2,5H2,(H,12,13). The van der Waals surface area contributed by atoms with Gasteiger partial charge in [0, 0.05) is 15.7 Å². The van der Waals surface area contributed by atoms with E-state index in [-0.39, 0.29) is 5.91 Å². The van der Waals surface area contributed by atoms with Crippen molar-refractivity contribution in [2.45, 2.75) is 12.8 Å². The van der Waals surface area contributed by atoms with Crippen LogP contribution < -0.4 is 5.32 Å². The zero-order chi connectivity index (χ0) is 9.26. The summed E-state index contributed by atoms with van der Waals surface area (Å²) in [7, 11) is 0. The average molecular weight is 287 g/mol. The minimum Gasteiger partial charge on any atom is -0.352 e. The molecule has 0 aliphatic carbocycles. The van der Waals surface area contributed by atoms with Gasteiger partial charge in [-0.2, -0.15) is 0 Å². The monoisotopic (exact) mass is 287 g/mol. The molecule has 2 rings (SSSR count). The van der Waals surface area contributed by atoms with Gasteiger partial charge in [0.15, 0.2) is 0 Å². The highest BCUT2D eigenvalue weighted by atomic mass is 127. The van der Waals surface area contributed by atoms with Gasteiger partial charge in [0.2, 0.25) is 0 Å². The lowest BCUT2D eigenvalue weighted by atomic mass is 10.0. The Morgan fingerprint density at radius 3 is 3.08 bits per heavy atom. The Morgan fingerprint density at radius 1 is 1.38 bits per heavy atom. The van der Waals surface area contributed by atoms with Gasteiger partial charge >= 0.3 is 0 Å². The minimum atomic E-state index is 0.0750. The van der Waals surface area contributed by atoms with Crippen molar-refractivity contribution in [3.63, 3.8) is 0 Å². The van der Waals surface area contributed by atoms with Gasteiger partial charge in [-0.1, -0.05) is 6.07 Å². The van der Waals surface area contributed by atoms with Crippen LogP contribution in [0, 0.1) is 3.57 Å². The summed E-state index contributed by atoms with van der Waals surface area (Å²) in [6.45, 7) is 0.796. The largest absolute Gasteiger partial charge is 0.352 e. The quantitative estimate of drug-likeness (QED) is 0.726. The molecule has 0 spiro atoms. The number of hydrogen-bond donors (Lipinski definition) is 1. The van der Waals surface area contributed by atoms with E-state index in [4.69, 9.17) is 0 Å². The van der Waals surface area contributed by atoms with Crippen LogP contribution in [0.1, 0.15) is 22.3 Å². The van der Waals surface area contributed by atoms with Crippen LogP contribution in [0.2, 0.25) is 0 Å². The lowest BCUT2D eigenvalue weighted by molar-refractivity contribution is 0.0956. The van der Waals surface area contributed by atoms with Crippen molar-refractivity contribution in [2.75, 3.05) is 6.54 Å². The molecule has 1 aromatic rings. The van der Waals surface area contributed by atoms with Crippen LogP contribution >= 0.6 is 22.6 Å². The Balaban J connectivity index is 2.49. The minimum absolute atomic E-state index is 0.0750. The first-order valence-corrected chi connectivity index (χ1v) is 5.42. The van der Waals surface area contributed by atoms with E-state index in [2.05, 4.69) is 40.0 Å². The van der Waals surface area contributed by atoms with Gasteiger partial charge in [-0.25, -0.2) is 0 Å². The second-order valence-electron chi connectivity index (χ2n) is 3.16. The van der Waals surface area contributed by atoms with Gasteiger partial charge in [-0.3, -0.25) is 4.79 Å². The lowest BCUT2D eigenvalue weighted by Gasteiger charge is -2.03. The van der Waals surface area contributed by atoms with Crippen molar-refractivity contribution in [1.82, 2.24) is 5.32 Å². The first-order chi connectivity index (χ1) is 6.27. The Morgan fingerprint density at radius 2 is 2.23 bits per heavy atom. The van der Waals surface area contributed by atoms with Gasteiger partial charge in [0.05, 0.1) is 0 Å². The highest BCUT2D eigenvalue weighted by Crippen LogP contribution is 2.17. The second kappa shape index (κ2) is 3.65. The molecule has 0 unspecified atom stereocenters. The SMILES string of the molecule is O=C1NCCCc2ccc(I)cc21. The third-order valence-corrected chi connectivity index (χ3v) is 2.90. The number of benzene rings is 1. The van der Waals surface area contributed by atoms with Crippen molar-refractivity contribution in [2.24, 2.45) is 0 Å². The summed E-state index contributed by atoms with van der Waals surface area (Å²) in [6.07, 6.45) is 2.05. The number of carbonyl (C=O) groups is 1. The molecule has 1 aliphatic heterocycles. The number of hydrogen-bond acceptors (Lipinski definition) is 1. The first kappa shape index (κ1) is 8.99. The van der Waals surface area contributed by atoms with Crippen molar-refractivity contribution >= 4 is 28.5 Å². The Kier molecular flexibility index (Phi) is 2.53. The zero-order valence-electron chi connectivity index (χ0n) is 7.14. The van der Waals surface area contributed by atoms with Crippen molar-refractivity contribution < 1.29 is 4.79 Å². The van der Waals surface area contributed by atoms with Gasteiger partial charge in [-0.15, -0.1) is 0 Å². The predicted molar refractivity (Wildman–Crippen MR) is 59.8 cm³/mol. The number of fused-ring (bicyclic) bond motifs is 1. The molecule has 0 atom stereocenters. The first-order valence-electron chi connectivity index (χ1n) is 4.34. The summed E-state index contributed by atoms with van der Waals surface area (Å²) in [5.74, 6) is 0.0750. The molecule has 13 heavy (non-hydrogen) atoms. The van der Waals surface area contributed by atoms with E-state index < -0.39 is 0 Å². The zero-order valence-corrected chi connectivity index (χ0v) is 9.30. The lowest BCUT2D eigenvalue weighted by Crippen LogP contribution is -2.22. The molecule has 1 amide bonds. The van der Waals surface area contributed by atoms with Gasteiger partial charge < -0.3 is 5.32 Å². The molecule has 3 heteroatoms. The predicted octanol–water partition coefficient (Wildman–Crippen LogP) is 1.97. The molecule has 0 aromatic heterocycles. The third-order valence-electron chi connectivity index (χ3n) is 2.22. The van der Waals surface area contributed by atoms with Crippen LogP contribution in [0.3, 0.4) is 0 Å². The fourth-order valence-electron chi connectivity index (χ4n) is 1.55. The summed E-state index contributed by atoms with van der Waals surface area (Å²) in [5, 5.41) is 2.89. The van der Waals surface area contributed by atoms with E-state index in [1.807, 2.05) is 6.07 Å². The van der Waals surface area contributed by atoms with Crippen LogP contribution in [0.15, 0.2) is 18.2 Å². The molecule has 1 aromatic carbocycles. The van der Waals surface area contributed by atoms with Crippen molar-refractivity contribution in [3.05, 3.63) is 32.9 Å². The molecule has 0 radical (unpaired) electrons. The van der Waals surface area contributed by atoms with Gasteiger partial charge in [0.1, 0.15) is 0 Å². The number of nitrogens with one attached hydrogen (secondary N) is 1. The molecular weight excluding hydrogens is 277 g/mol. The topological polar surface area (TPSA) is 29.1 Å². The number of halogens is 1. The van der Waals surface area contributed by atoms with Crippen LogP contribution in [0.25, 0.3) is 0 Å². The van der Waals surface area contributed by atoms with Gasteiger partial charge in [-0.05, 0) is 53.1 Å². The highest BCUT2D eigenvalue weighted by molar-refractivity contribution is 14.1. The molecule has 2 nitrogen and oxygen atoms in total. The molecular formula is C10H10INO. The maximum absolute atomic E-state index is 11.5. The number of aryl methyl sites for hydroxylation is 1. The maximum Gasteiger partial charge on any atom is 0.251 e. The molecule has 0 bridgehead atoms. The van der Waals surface area contributed by atoms with Crippen LogP contribution in [-0.2, 0) is 6.42 Å². The number of rotatable bonds is 0. The molecule has 0 saturated heterocycles. The average Bonchev–Trinajstić information content (AvgIpc) is 2.29. The summed E-state index contributed by atoms with van der Waals surface area (Å²) >= 11 is 2.23. The second-order valence-corrected chi connectivity index (χ2v) is 4.41. The van der Waals surface area contributed by atoms with E-state index in [1.54, 1.807) is 0 Å². The molecule has 0 saturated carbocycles. The Labute approximate surface area is 90.9 Å². The normalized spacial score (nSPS) is 15.9. The van der Waals surface area contributed by atoms with Crippen molar-refractivity contribution in [1.29, 1.82) is 0 Å². The van der Waals surface area contributed by atoms with Crippen LogP contribution in [0.5, 0.6) is 0 Å². The molecule has 1 N–H and O–H groups in total. The smallest absolute Gasteiger partial charge is 0.251 e.